The molecule has 3 aromatic rings. The largest absolute Gasteiger partial charge is 0.422 e. The van der Waals surface area contributed by atoms with Crippen LogP contribution in [0.4, 0.5) is 5.69 Å². The molecule has 0 radical (unpaired) electrons. The first-order valence-electron chi connectivity index (χ1n) is 8.72. The lowest BCUT2D eigenvalue weighted by atomic mass is 10.1. The maximum atomic E-state index is 12.4. The molecule has 0 aliphatic carbocycles. The molecular weight excluding hydrogens is 326 g/mol. The maximum Gasteiger partial charge on any atom is 0.347 e. The molecule has 0 saturated heterocycles. The van der Waals surface area contributed by atoms with Gasteiger partial charge in [0, 0.05) is 24.2 Å². The molecule has 0 fully saturated rings. The molecule has 1 aromatic heterocycles. The molecule has 2 aromatic carbocycles. The van der Waals surface area contributed by atoms with Crippen LogP contribution < -0.4 is 10.5 Å². The summed E-state index contributed by atoms with van der Waals surface area (Å²) in [6, 6.07) is 16.7. The molecule has 4 nitrogen and oxygen atoms in total. The van der Waals surface area contributed by atoms with Gasteiger partial charge in [-0.2, -0.15) is 0 Å². The van der Waals surface area contributed by atoms with E-state index >= 15 is 0 Å². The number of hydrogen-bond acceptors (Lipinski definition) is 4. The molecule has 0 bridgehead atoms. The number of carbonyl (C=O) groups is 1. The Hall–Kier alpha value is -3.14. The molecule has 0 aliphatic rings. The second-order valence-corrected chi connectivity index (χ2v) is 5.95. The van der Waals surface area contributed by atoms with E-state index in [4.69, 9.17) is 4.42 Å². The van der Waals surface area contributed by atoms with Gasteiger partial charge in [0.05, 0.1) is 0 Å². The minimum absolute atomic E-state index is 0.0414. The predicted octanol–water partition coefficient (Wildman–Crippen LogP) is 4.54. The molecule has 132 valence electrons. The fourth-order valence-electron chi connectivity index (χ4n) is 2.88. The van der Waals surface area contributed by atoms with Crippen molar-refractivity contribution in [2.75, 3.05) is 18.0 Å². The van der Waals surface area contributed by atoms with E-state index in [0.29, 0.717) is 5.58 Å². The van der Waals surface area contributed by atoms with Gasteiger partial charge in [-0.15, -0.1) is 0 Å². The zero-order valence-electron chi connectivity index (χ0n) is 14.9. The first-order valence-corrected chi connectivity index (χ1v) is 8.72. The highest BCUT2D eigenvalue weighted by atomic mass is 16.4. The van der Waals surface area contributed by atoms with Crippen molar-refractivity contribution in [3.05, 3.63) is 82.2 Å². The van der Waals surface area contributed by atoms with Crippen LogP contribution in [0.15, 0.2) is 69.9 Å². The Balaban J connectivity index is 1.81. The third-order valence-electron chi connectivity index (χ3n) is 4.36. The molecule has 0 atom stereocenters. The van der Waals surface area contributed by atoms with E-state index in [0.717, 1.165) is 29.7 Å². The molecule has 0 unspecified atom stereocenters. The van der Waals surface area contributed by atoms with Crippen molar-refractivity contribution in [2.45, 2.75) is 13.8 Å². The second-order valence-electron chi connectivity index (χ2n) is 5.95. The molecule has 3 rings (SSSR count). The molecule has 0 aliphatic heterocycles. The molecule has 1 heterocycles. The summed E-state index contributed by atoms with van der Waals surface area (Å²) in [6.07, 6.45) is 3.12. The molecule has 0 saturated carbocycles. The van der Waals surface area contributed by atoms with Crippen molar-refractivity contribution in [2.24, 2.45) is 0 Å². The topological polar surface area (TPSA) is 50.5 Å². The van der Waals surface area contributed by atoms with Gasteiger partial charge in [0.2, 0.25) is 0 Å². The quantitative estimate of drug-likeness (QED) is 0.373. The molecular formula is C22H21NO3. The summed E-state index contributed by atoms with van der Waals surface area (Å²) in [5, 5.41) is 0.729. The van der Waals surface area contributed by atoms with Gasteiger partial charge in [0.25, 0.3) is 0 Å². The van der Waals surface area contributed by atoms with Gasteiger partial charge in [0.15, 0.2) is 5.78 Å². The van der Waals surface area contributed by atoms with Crippen LogP contribution in [-0.2, 0) is 0 Å². The fourth-order valence-corrected chi connectivity index (χ4v) is 2.88. The Bertz CT molecular complexity index is 996. The third kappa shape index (κ3) is 3.75. The fraction of sp³-hybridized carbons (Fsp3) is 0.182. The number of fused-ring (bicyclic) bond motifs is 1. The minimum Gasteiger partial charge on any atom is -0.422 e. The Morgan fingerprint density at radius 2 is 1.73 bits per heavy atom. The zero-order valence-corrected chi connectivity index (χ0v) is 14.9. The summed E-state index contributed by atoms with van der Waals surface area (Å²) < 4.78 is 5.22. The van der Waals surface area contributed by atoms with E-state index in [1.807, 2.05) is 36.4 Å². The monoisotopic (exact) mass is 347 g/mol. The van der Waals surface area contributed by atoms with Crippen molar-refractivity contribution < 1.29 is 9.21 Å². The highest BCUT2D eigenvalue weighted by Gasteiger charge is 2.11. The van der Waals surface area contributed by atoms with E-state index in [1.54, 1.807) is 24.3 Å². The lowest BCUT2D eigenvalue weighted by Crippen LogP contribution is -2.21. The van der Waals surface area contributed by atoms with Gasteiger partial charge in [-0.05, 0) is 49.8 Å². The van der Waals surface area contributed by atoms with Gasteiger partial charge in [0.1, 0.15) is 11.1 Å². The normalized spacial score (nSPS) is 11.2. The number of rotatable bonds is 6. The number of para-hydroxylation sites is 1. The molecule has 4 heteroatoms. The van der Waals surface area contributed by atoms with Gasteiger partial charge >= 0.3 is 5.63 Å². The number of allylic oxidation sites excluding steroid dienone is 1. The summed E-state index contributed by atoms with van der Waals surface area (Å²) in [7, 11) is 0. The van der Waals surface area contributed by atoms with E-state index in [-0.39, 0.29) is 11.3 Å². The van der Waals surface area contributed by atoms with Crippen LogP contribution >= 0.6 is 0 Å². The van der Waals surface area contributed by atoms with Gasteiger partial charge in [-0.25, -0.2) is 4.79 Å². The van der Waals surface area contributed by atoms with E-state index in [1.165, 1.54) is 6.08 Å². The van der Waals surface area contributed by atoms with E-state index in [2.05, 4.69) is 18.7 Å². The maximum absolute atomic E-state index is 12.4. The number of anilines is 1. The van der Waals surface area contributed by atoms with Crippen LogP contribution in [-0.4, -0.2) is 18.9 Å². The van der Waals surface area contributed by atoms with Crippen molar-refractivity contribution in [1.29, 1.82) is 0 Å². The molecule has 0 spiro atoms. The van der Waals surface area contributed by atoms with Crippen LogP contribution in [0.25, 0.3) is 17.0 Å². The molecule has 0 N–H and O–H groups in total. The van der Waals surface area contributed by atoms with Crippen LogP contribution in [0.2, 0.25) is 0 Å². The third-order valence-corrected chi connectivity index (χ3v) is 4.36. The smallest absolute Gasteiger partial charge is 0.347 e. The van der Waals surface area contributed by atoms with Gasteiger partial charge < -0.3 is 9.32 Å². The van der Waals surface area contributed by atoms with Crippen LogP contribution in [0.5, 0.6) is 0 Å². The summed E-state index contributed by atoms with van der Waals surface area (Å²) in [6.45, 7) is 6.13. The predicted molar refractivity (Wildman–Crippen MR) is 106 cm³/mol. The minimum atomic E-state index is -0.616. The van der Waals surface area contributed by atoms with E-state index < -0.39 is 5.63 Å². The van der Waals surface area contributed by atoms with E-state index in [9.17, 15) is 9.59 Å². The van der Waals surface area contributed by atoms with Crippen LogP contribution in [0.1, 0.15) is 29.8 Å². The Morgan fingerprint density at radius 1 is 1.04 bits per heavy atom. The zero-order chi connectivity index (χ0) is 18.5. The summed E-state index contributed by atoms with van der Waals surface area (Å²) in [5.41, 5.74) is 1.95. The number of nitrogens with zero attached hydrogens (tertiary/aromatic N) is 1. The lowest BCUT2D eigenvalue weighted by molar-refractivity contribution is 0.104. The number of carbonyl (C=O) groups excluding carboxylic acids is 1. The average Bonchev–Trinajstić information content (AvgIpc) is 2.67. The summed E-state index contributed by atoms with van der Waals surface area (Å²) >= 11 is 0. The Morgan fingerprint density at radius 3 is 2.42 bits per heavy atom. The Labute approximate surface area is 152 Å². The molecule has 26 heavy (non-hydrogen) atoms. The lowest BCUT2D eigenvalue weighted by Gasteiger charge is -2.20. The van der Waals surface area contributed by atoms with Crippen molar-refractivity contribution in [3.8, 4) is 0 Å². The van der Waals surface area contributed by atoms with Crippen molar-refractivity contribution in [3.63, 3.8) is 0 Å². The van der Waals surface area contributed by atoms with Crippen LogP contribution in [0, 0.1) is 0 Å². The Kier molecular flexibility index (Phi) is 5.32. The number of ketones is 1. The second kappa shape index (κ2) is 7.83. The molecule has 0 amide bonds. The highest BCUT2D eigenvalue weighted by molar-refractivity contribution is 6.07. The number of benzene rings is 2. The first kappa shape index (κ1) is 17.7. The summed E-state index contributed by atoms with van der Waals surface area (Å²) in [4.78, 5) is 26.7. The van der Waals surface area contributed by atoms with Gasteiger partial charge in [-0.1, -0.05) is 36.4 Å². The first-order chi connectivity index (χ1) is 12.6. The number of hydrogen-bond donors (Lipinski definition) is 0. The standard InChI is InChI=1S/C22H21NO3/c1-3-23(4-2)18-12-9-16(10-13-18)11-14-20(24)19-15-17-7-5-6-8-21(17)26-22(19)25/h5-15H,3-4H2,1-2H3. The van der Waals surface area contributed by atoms with Gasteiger partial charge in [-0.3, -0.25) is 4.79 Å². The van der Waals surface area contributed by atoms with Crippen molar-refractivity contribution in [1.82, 2.24) is 0 Å². The highest BCUT2D eigenvalue weighted by Crippen LogP contribution is 2.16. The van der Waals surface area contributed by atoms with Crippen LogP contribution in [0.3, 0.4) is 0 Å². The summed E-state index contributed by atoms with van der Waals surface area (Å²) in [5.74, 6) is -0.364. The SMILES string of the molecule is CCN(CC)c1ccc(C=CC(=O)c2cc3ccccc3oc2=O)cc1. The average molecular weight is 347 g/mol. The van der Waals surface area contributed by atoms with Crippen molar-refractivity contribution >= 4 is 28.5 Å².